The van der Waals surface area contributed by atoms with Crippen molar-refractivity contribution in [2.24, 2.45) is 0 Å². The number of rotatable bonds is 5. The molecule has 7 heteroatoms. The zero-order valence-corrected chi connectivity index (χ0v) is 11.1. The monoisotopic (exact) mass is 291 g/mol. The number of anilines is 1. The number of carbonyl (C=O) groups is 1. The molecule has 0 heterocycles. The third-order valence-corrected chi connectivity index (χ3v) is 3.37. The minimum atomic E-state index is -1.43. The van der Waals surface area contributed by atoms with Gasteiger partial charge in [-0.15, -0.1) is 0 Å². The van der Waals surface area contributed by atoms with Gasteiger partial charge >= 0.3 is 0 Å². The molecule has 0 spiro atoms. The number of thioether (sulfide) groups is 1. The number of aliphatic hydroxyl groups excluding tert-OH is 2. The van der Waals surface area contributed by atoms with E-state index in [1.807, 2.05) is 0 Å². The minimum Gasteiger partial charge on any atom is -0.394 e. The summed E-state index contributed by atoms with van der Waals surface area (Å²) in [5.74, 6) is -1.66. The summed E-state index contributed by atoms with van der Waals surface area (Å²) in [5, 5.41) is 19.4. The highest BCUT2D eigenvalue weighted by Gasteiger charge is 2.21. The molecule has 0 amide bonds. The van der Waals surface area contributed by atoms with E-state index in [2.05, 4.69) is 0 Å². The number of hydrogen-bond acceptors (Lipinski definition) is 5. The van der Waals surface area contributed by atoms with Crippen molar-refractivity contribution >= 4 is 22.6 Å². The van der Waals surface area contributed by atoms with Crippen molar-refractivity contribution in [3.63, 3.8) is 0 Å². The van der Waals surface area contributed by atoms with E-state index in [0.29, 0.717) is 5.75 Å². The van der Waals surface area contributed by atoms with Crippen LogP contribution in [-0.2, 0) is 4.79 Å². The summed E-state index contributed by atoms with van der Waals surface area (Å²) >= 11 is 1.00. The van der Waals surface area contributed by atoms with Crippen LogP contribution in [0.25, 0.3) is 0 Å². The van der Waals surface area contributed by atoms with Crippen LogP contribution in [-0.4, -0.2) is 27.2 Å². The number of nitrogens with two attached hydrogens (primary N) is 1. The first-order valence-corrected chi connectivity index (χ1v) is 6.55. The molecule has 1 aromatic carbocycles. The molecule has 2 unspecified atom stereocenters. The van der Waals surface area contributed by atoms with E-state index in [-0.39, 0.29) is 17.1 Å². The molecule has 0 aromatic heterocycles. The van der Waals surface area contributed by atoms with Gasteiger partial charge in [0, 0.05) is 12.7 Å². The minimum absolute atomic E-state index is 0.0930. The van der Waals surface area contributed by atoms with Crippen molar-refractivity contribution in [2.75, 3.05) is 11.5 Å². The maximum absolute atomic E-state index is 13.2. The van der Waals surface area contributed by atoms with E-state index >= 15 is 0 Å². The van der Waals surface area contributed by atoms with Crippen LogP contribution in [0.4, 0.5) is 14.5 Å². The summed E-state index contributed by atoms with van der Waals surface area (Å²) in [5.41, 5.74) is 4.39. The normalized spacial score (nSPS) is 14.2. The van der Waals surface area contributed by atoms with E-state index in [9.17, 15) is 23.8 Å². The quantitative estimate of drug-likeness (QED) is 0.718. The van der Waals surface area contributed by atoms with Gasteiger partial charge in [0.25, 0.3) is 0 Å². The highest BCUT2D eigenvalue weighted by molar-refractivity contribution is 8.13. The lowest BCUT2D eigenvalue weighted by molar-refractivity contribution is -0.109. The summed E-state index contributed by atoms with van der Waals surface area (Å²) in [6.45, 7) is 1.39. The van der Waals surface area contributed by atoms with Gasteiger partial charge in [-0.05, 0) is 24.1 Å². The fourth-order valence-corrected chi connectivity index (χ4v) is 2.12. The predicted octanol–water partition coefficient (Wildman–Crippen LogP) is 1.61. The Kier molecular flexibility index (Phi) is 5.71. The van der Waals surface area contributed by atoms with E-state index in [1.54, 1.807) is 0 Å². The van der Waals surface area contributed by atoms with Crippen molar-refractivity contribution in [3.8, 4) is 0 Å². The molecule has 4 N–H and O–H groups in total. The second kappa shape index (κ2) is 6.83. The van der Waals surface area contributed by atoms with Gasteiger partial charge < -0.3 is 15.9 Å². The van der Waals surface area contributed by atoms with Gasteiger partial charge in [0.05, 0.1) is 6.10 Å². The predicted molar refractivity (Wildman–Crippen MR) is 69.5 cm³/mol. The number of carbonyl (C=O) groups excluding carboxylic acids is 1. The summed E-state index contributed by atoms with van der Waals surface area (Å²) in [6, 6.07) is 1.76. The smallest absolute Gasteiger partial charge is 0.185 e. The van der Waals surface area contributed by atoms with Crippen LogP contribution in [0.5, 0.6) is 0 Å². The highest BCUT2D eigenvalue weighted by Crippen LogP contribution is 2.25. The zero-order valence-electron chi connectivity index (χ0n) is 10.3. The number of nitrogen functional groups attached to an aromatic ring is 1. The summed E-state index contributed by atoms with van der Waals surface area (Å²) in [7, 11) is 0. The lowest BCUT2D eigenvalue weighted by Crippen LogP contribution is -2.19. The van der Waals surface area contributed by atoms with Crippen molar-refractivity contribution in [1.29, 1.82) is 0 Å². The van der Waals surface area contributed by atoms with Gasteiger partial charge in [-0.25, -0.2) is 8.78 Å². The molecule has 1 rings (SSSR count). The number of aliphatic hydroxyl groups is 2. The number of hydrogen-bond donors (Lipinski definition) is 3. The zero-order chi connectivity index (χ0) is 14.6. The summed E-state index contributed by atoms with van der Waals surface area (Å²) in [6.07, 6.45) is -2.52. The average molecular weight is 291 g/mol. The SMILES string of the molecule is CC(=O)SCCC(O)C(O)c1cc(F)c(N)c(F)c1. The highest BCUT2D eigenvalue weighted by atomic mass is 32.2. The van der Waals surface area contributed by atoms with Gasteiger partial charge in [0.1, 0.15) is 23.4 Å². The van der Waals surface area contributed by atoms with Crippen molar-refractivity contribution < 1.29 is 23.8 Å². The lowest BCUT2D eigenvalue weighted by Gasteiger charge is -2.18. The molecule has 0 aliphatic heterocycles. The molecule has 2 atom stereocenters. The van der Waals surface area contributed by atoms with Crippen LogP contribution in [0, 0.1) is 11.6 Å². The largest absolute Gasteiger partial charge is 0.394 e. The first-order chi connectivity index (χ1) is 8.82. The third-order valence-electron chi connectivity index (χ3n) is 2.53. The number of halogens is 2. The Morgan fingerprint density at radius 2 is 1.89 bits per heavy atom. The average Bonchev–Trinajstić information content (AvgIpc) is 2.33. The van der Waals surface area contributed by atoms with E-state index in [1.165, 1.54) is 6.92 Å². The second-order valence-electron chi connectivity index (χ2n) is 4.04. The van der Waals surface area contributed by atoms with Gasteiger partial charge in [0.2, 0.25) is 0 Å². The topological polar surface area (TPSA) is 83.5 Å². The second-order valence-corrected chi connectivity index (χ2v) is 5.31. The van der Waals surface area contributed by atoms with Gasteiger partial charge in [-0.1, -0.05) is 11.8 Å². The fourth-order valence-electron chi connectivity index (χ4n) is 1.48. The summed E-state index contributed by atoms with van der Waals surface area (Å²) in [4.78, 5) is 10.7. The van der Waals surface area contributed by atoms with E-state index in [0.717, 1.165) is 23.9 Å². The Hall–Kier alpha value is -1.18. The van der Waals surface area contributed by atoms with Crippen molar-refractivity contribution in [1.82, 2.24) is 0 Å². The molecule has 19 heavy (non-hydrogen) atoms. The molecule has 0 radical (unpaired) electrons. The molecule has 0 saturated carbocycles. The van der Waals surface area contributed by atoms with Crippen molar-refractivity contribution in [3.05, 3.63) is 29.3 Å². The Bertz CT molecular complexity index is 447. The standard InChI is InChI=1S/C12H15F2NO3S/c1-6(16)19-3-2-10(17)12(18)7-4-8(13)11(15)9(14)5-7/h4-5,10,12,17-18H,2-3,15H2,1H3. The van der Waals surface area contributed by atoms with Crippen molar-refractivity contribution in [2.45, 2.75) is 25.6 Å². The van der Waals surface area contributed by atoms with Crippen LogP contribution < -0.4 is 5.73 Å². The molecular formula is C12H15F2NO3S. The van der Waals surface area contributed by atoms with E-state index < -0.39 is 29.5 Å². The molecule has 0 aliphatic rings. The molecular weight excluding hydrogens is 276 g/mol. The third kappa shape index (κ3) is 4.45. The molecule has 0 fully saturated rings. The van der Waals surface area contributed by atoms with Crippen LogP contribution in [0.1, 0.15) is 25.0 Å². The first-order valence-electron chi connectivity index (χ1n) is 5.56. The Labute approximate surface area is 113 Å². The van der Waals surface area contributed by atoms with Gasteiger partial charge in [-0.2, -0.15) is 0 Å². The number of benzene rings is 1. The van der Waals surface area contributed by atoms with Crippen LogP contribution in [0.15, 0.2) is 12.1 Å². The Balaban J connectivity index is 2.71. The molecule has 1 aromatic rings. The van der Waals surface area contributed by atoms with Crippen LogP contribution in [0.3, 0.4) is 0 Å². The molecule has 0 aliphatic carbocycles. The fraction of sp³-hybridized carbons (Fsp3) is 0.417. The first kappa shape index (κ1) is 15.9. The Morgan fingerprint density at radius 1 is 1.37 bits per heavy atom. The van der Waals surface area contributed by atoms with Gasteiger partial charge in [0.15, 0.2) is 5.12 Å². The summed E-state index contributed by atoms with van der Waals surface area (Å²) < 4.78 is 26.4. The van der Waals surface area contributed by atoms with E-state index in [4.69, 9.17) is 5.73 Å². The van der Waals surface area contributed by atoms with Gasteiger partial charge in [-0.3, -0.25) is 4.79 Å². The molecule has 0 bridgehead atoms. The molecule has 106 valence electrons. The molecule has 4 nitrogen and oxygen atoms in total. The van der Waals surface area contributed by atoms with Crippen LogP contribution >= 0.6 is 11.8 Å². The lowest BCUT2D eigenvalue weighted by atomic mass is 10.0. The van der Waals surface area contributed by atoms with Crippen LogP contribution in [0.2, 0.25) is 0 Å². The maximum atomic E-state index is 13.2. The maximum Gasteiger partial charge on any atom is 0.185 e. The Morgan fingerprint density at radius 3 is 2.37 bits per heavy atom. The molecule has 0 saturated heterocycles.